The number of thioether (sulfide) groups is 1. The standard InChI is InChI=1S/C15H21BrN2OS/c1-2-20-14-5-3-4-13(14)17-10-15(19)18-12-8-6-11(16)7-9-12/h6-9,13-14,17H,2-5,10H2,1H3,(H,18,19). The zero-order valence-corrected chi connectivity index (χ0v) is 14.1. The summed E-state index contributed by atoms with van der Waals surface area (Å²) < 4.78 is 1.01. The quantitative estimate of drug-likeness (QED) is 0.817. The minimum absolute atomic E-state index is 0.0273. The number of amides is 1. The first-order chi connectivity index (χ1) is 9.69. The van der Waals surface area contributed by atoms with Crippen molar-refractivity contribution < 1.29 is 4.79 Å². The van der Waals surface area contributed by atoms with E-state index in [1.165, 1.54) is 19.3 Å². The van der Waals surface area contributed by atoms with Crippen LogP contribution in [0.1, 0.15) is 26.2 Å². The highest BCUT2D eigenvalue weighted by Gasteiger charge is 2.26. The van der Waals surface area contributed by atoms with Gasteiger partial charge in [-0.05, 0) is 42.9 Å². The van der Waals surface area contributed by atoms with Crippen molar-refractivity contribution in [3.63, 3.8) is 0 Å². The van der Waals surface area contributed by atoms with Crippen LogP contribution in [-0.2, 0) is 4.79 Å². The normalized spacial score (nSPS) is 21.9. The first-order valence-corrected chi connectivity index (χ1v) is 8.93. The molecular formula is C15H21BrN2OS. The molecule has 110 valence electrons. The maximum absolute atomic E-state index is 11.9. The van der Waals surface area contributed by atoms with Crippen molar-refractivity contribution in [1.29, 1.82) is 0 Å². The van der Waals surface area contributed by atoms with Crippen molar-refractivity contribution in [1.82, 2.24) is 5.32 Å². The van der Waals surface area contributed by atoms with E-state index >= 15 is 0 Å². The molecule has 0 bridgehead atoms. The lowest BCUT2D eigenvalue weighted by molar-refractivity contribution is -0.115. The van der Waals surface area contributed by atoms with Gasteiger partial charge in [-0.15, -0.1) is 0 Å². The Morgan fingerprint density at radius 1 is 1.35 bits per heavy atom. The van der Waals surface area contributed by atoms with E-state index in [1.54, 1.807) is 0 Å². The zero-order valence-electron chi connectivity index (χ0n) is 11.7. The lowest BCUT2D eigenvalue weighted by Crippen LogP contribution is -2.39. The molecule has 1 saturated carbocycles. The van der Waals surface area contributed by atoms with Gasteiger partial charge in [0.1, 0.15) is 0 Å². The van der Waals surface area contributed by atoms with Crippen LogP contribution in [0.15, 0.2) is 28.7 Å². The SMILES string of the molecule is CCSC1CCCC1NCC(=O)Nc1ccc(Br)cc1. The van der Waals surface area contributed by atoms with Gasteiger partial charge in [-0.2, -0.15) is 11.8 Å². The summed E-state index contributed by atoms with van der Waals surface area (Å²) in [5.74, 6) is 1.17. The predicted octanol–water partition coefficient (Wildman–Crippen LogP) is 3.65. The van der Waals surface area contributed by atoms with Crippen LogP contribution in [0.5, 0.6) is 0 Å². The smallest absolute Gasteiger partial charge is 0.238 e. The number of anilines is 1. The molecule has 2 atom stereocenters. The molecule has 1 fully saturated rings. The number of halogens is 1. The third-order valence-corrected chi connectivity index (χ3v) is 5.34. The topological polar surface area (TPSA) is 41.1 Å². The van der Waals surface area contributed by atoms with Gasteiger partial charge in [0.05, 0.1) is 6.54 Å². The molecule has 2 unspecified atom stereocenters. The molecule has 0 aliphatic heterocycles. The first-order valence-electron chi connectivity index (χ1n) is 7.09. The van der Waals surface area contributed by atoms with Crippen molar-refractivity contribution in [2.75, 3.05) is 17.6 Å². The summed E-state index contributed by atoms with van der Waals surface area (Å²) in [6.45, 7) is 2.59. The van der Waals surface area contributed by atoms with Crippen LogP contribution in [-0.4, -0.2) is 29.5 Å². The Hall–Kier alpha value is -0.520. The number of benzene rings is 1. The van der Waals surface area contributed by atoms with Crippen LogP contribution >= 0.6 is 27.7 Å². The lowest BCUT2D eigenvalue weighted by Gasteiger charge is -2.19. The van der Waals surface area contributed by atoms with Crippen molar-refractivity contribution in [2.45, 2.75) is 37.5 Å². The van der Waals surface area contributed by atoms with E-state index in [9.17, 15) is 4.79 Å². The number of hydrogen-bond donors (Lipinski definition) is 2. The fraction of sp³-hybridized carbons (Fsp3) is 0.533. The summed E-state index contributed by atoms with van der Waals surface area (Å²) in [6.07, 6.45) is 3.72. The summed E-state index contributed by atoms with van der Waals surface area (Å²) in [4.78, 5) is 11.9. The summed E-state index contributed by atoms with van der Waals surface area (Å²) in [5.41, 5.74) is 0.839. The molecule has 1 aromatic carbocycles. The molecule has 2 rings (SSSR count). The molecule has 20 heavy (non-hydrogen) atoms. The third-order valence-electron chi connectivity index (χ3n) is 3.49. The summed E-state index contributed by atoms with van der Waals surface area (Å²) in [6, 6.07) is 8.12. The van der Waals surface area contributed by atoms with Crippen LogP contribution in [0.4, 0.5) is 5.69 Å². The monoisotopic (exact) mass is 356 g/mol. The average molecular weight is 357 g/mol. The summed E-state index contributed by atoms with van der Waals surface area (Å²) in [5, 5.41) is 6.98. The van der Waals surface area contributed by atoms with Crippen molar-refractivity contribution >= 4 is 39.3 Å². The second kappa shape index (κ2) is 8.05. The highest BCUT2D eigenvalue weighted by atomic mass is 79.9. The zero-order chi connectivity index (χ0) is 14.4. The Bertz CT molecular complexity index is 438. The van der Waals surface area contributed by atoms with Crippen LogP contribution in [0.25, 0.3) is 0 Å². The number of carbonyl (C=O) groups excluding carboxylic acids is 1. The van der Waals surface area contributed by atoms with E-state index in [0.717, 1.165) is 15.9 Å². The van der Waals surface area contributed by atoms with Gasteiger partial charge >= 0.3 is 0 Å². The predicted molar refractivity (Wildman–Crippen MR) is 90.3 cm³/mol. The molecular weight excluding hydrogens is 336 g/mol. The van der Waals surface area contributed by atoms with E-state index in [-0.39, 0.29) is 5.91 Å². The molecule has 0 radical (unpaired) electrons. The molecule has 3 nitrogen and oxygen atoms in total. The van der Waals surface area contributed by atoms with Gasteiger partial charge in [-0.25, -0.2) is 0 Å². The Kier molecular flexibility index (Phi) is 6.39. The summed E-state index contributed by atoms with van der Waals surface area (Å²) >= 11 is 5.39. The molecule has 1 aliphatic carbocycles. The molecule has 0 heterocycles. The molecule has 0 spiro atoms. The maximum atomic E-state index is 11.9. The molecule has 1 aromatic rings. The number of hydrogen-bond acceptors (Lipinski definition) is 3. The Morgan fingerprint density at radius 2 is 2.10 bits per heavy atom. The maximum Gasteiger partial charge on any atom is 0.238 e. The summed E-state index contributed by atoms with van der Waals surface area (Å²) in [7, 11) is 0. The largest absolute Gasteiger partial charge is 0.325 e. The Balaban J connectivity index is 1.76. The van der Waals surface area contributed by atoms with E-state index in [2.05, 4.69) is 33.5 Å². The van der Waals surface area contributed by atoms with Crippen molar-refractivity contribution in [3.8, 4) is 0 Å². The molecule has 0 saturated heterocycles. The molecule has 2 N–H and O–H groups in total. The lowest BCUT2D eigenvalue weighted by atomic mass is 10.2. The first kappa shape index (κ1) is 15.9. The second-order valence-electron chi connectivity index (χ2n) is 4.97. The molecule has 0 aromatic heterocycles. The van der Waals surface area contributed by atoms with E-state index < -0.39 is 0 Å². The molecule has 1 aliphatic rings. The van der Waals surface area contributed by atoms with Gasteiger partial charge in [0.25, 0.3) is 0 Å². The van der Waals surface area contributed by atoms with Crippen LogP contribution in [0.3, 0.4) is 0 Å². The van der Waals surface area contributed by atoms with Crippen molar-refractivity contribution in [2.24, 2.45) is 0 Å². The van der Waals surface area contributed by atoms with Crippen LogP contribution < -0.4 is 10.6 Å². The van der Waals surface area contributed by atoms with Gasteiger partial charge in [0.15, 0.2) is 0 Å². The van der Waals surface area contributed by atoms with Gasteiger partial charge in [0, 0.05) is 21.5 Å². The number of carbonyl (C=O) groups is 1. The minimum Gasteiger partial charge on any atom is -0.325 e. The van der Waals surface area contributed by atoms with E-state index in [4.69, 9.17) is 0 Å². The second-order valence-corrected chi connectivity index (χ2v) is 7.40. The van der Waals surface area contributed by atoms with E-state index in [0.29, 0.717) is 17.8 Å². The fourth-order valence-corrected chi connectivity index (χ4v) is 4.03. The van der Waals surface area contributed by atoms with Gasteiger partial charge in [-0.3, -0.25) is 4.79 Å². The average Bonchev–Trinajstić information content (AvgIpc) is 2.87. The number of rotatable bonds is 6. The van der Waals surface area contributed by atoms with E-state index in [1.807, 2.05) is 36.0 Å². The fourth-order valence-electron chi connectivity index (χ4n) is 2.54. The van der Waals surface area contributed by atoms with Crippen LogP contribution in [0.2, 0.25) is 0 Å². The van der Waals surface area contributed by atoms with Gasteiger partial charge in [0.2, 0.25) is 5.91 Å². The highest BCUT2D eigenvalue weighted by Crippen LogP contribution is 2.29. The highest BCUT2D eigenvalue weighted by molar-refractivity contribution is 9.10. The van der Waals surface area contributed by atoms with Crippen LogP contribution in [0, 0.1) is 0 Å². The Labute approximate surface area is 133 Å². The van der Waals surface area contributed by atoms with Crippen molar-refractivity contribution in [3.05, 3.63) is 28.7 Å². The Morgan fingerprint density at radius 3 is 2.80 bits per heavy atom. The minimum atomic E-state index is 0.0273. The molecule has 1 amide bonds. The number of nitrogens with one attached hydrogen (secondary N) is 2. The molecule has 5 heteroatoms. The van der Waals surface area contributed by atoms with Gasteiger partial charge in [-0.1, -0.05) is 29.3 Å². The van der Waals surface area contributed by atoms with Gasteiger partial charge < -0.3 is 10.6 Å². The third kappa shape index (κ3) is 4.79.